The number of carbonyl (C=O) groups excluding carboxylic acids is 2. The molecule has 2 amide bonds. The number of amides is 2. The Morgan fingerprint density at radius 1 is 1.00 bits per heavy atom. The van der Waals surface area contributed by atoms with Crippen LogP contribution in [0.15, 0.2) is 0 Å². The minimum absolute atomic E-state index is 0.00211. The van der Waals surface area contributed by atoms with E-state index in [9.17, 15) is 9.59 Å². The smallest absolute Gasteiger partial charge is 0.232 e. The highest BCUT2D eigenvalue weighted by molar-refractivity contribution is 6.03. The number of hydrogen-bond donors (Lipinski definition) is 0. The first-order valence-corrected chi connectivity index (χ1v) is 10.7. The molecule has 0 aromatic rings. The summed E-state index contributed by atoms with van der Waals surface area (Å²) in [6.45, 7) is 19.9. The SMILES string of the molecule is CCCN(CCC)CCOCCN1C(=O)CC(CC(C)(C)C(C)(C)C)C1=O. The molecule has 0 aliphatic carbocycles. The van der Waals surface area contributed by atoms with E-state index in [2.05, 4.69) is 53.4 Å². The average Bonchev–Trinajstić information content (AvgIpc) is 2.80. The molecule has 1 fully saturated rings. The molecule has 0 radical (unpaired) electrons. The zero-order valence-electron chi connectivity index (χ0n) is 18.8. The maximum Gasteiger partial charge on any atom is 0.232 e. The van der Waals surface area contributed by atoms with Gasteiger partial charge in [0.1, 0.15) is 0 Å². The minimum Gasteiger partial charge on any atom is -0.378 e. The van der Waals surface area contributed by atoms with Crippen LogP contribution in [0.25, 0.3) is 0 Å². The monoisotopic (exact) mass is 382 g/mol. The highest BCUT2D eigenvalue weighted by Crippen LogP contribution is 2.44. The fourth-order valence-electron chi connectivity index (χ4n) is 3.49. The maximum absolute atomic E-state index is 12.7. The largest absolute Gasteiger partial charge is 0.378 e. The van der Waals surface area contributed by atoms with Crippen molar-refractivity contribution in [3.05, 3.63) is 0 Å². The second kappa shape index (κ2) is 10.6. The van der Waals surface area contributed by atoms with Crippen LogP contribution in [0.4, 0.5) is 0 Å². The quantitative estimate of drug-likeness (QED) is 0.379. The molecule has 0 bridgehead atoms. The molecule has 0 saturated carbocycles. The molecule has 1 atom stereocenters. The van der Waals surface area contributed by atoms with Crippen molar-refractivity contribution in [1.29, 1.82) is 0 Å². The zero-order chi connectivity index (χ0) is 20.7. The average molecular weight is 383 g/mol. The molecule has 1 aliphatic rings. The lowest BCUT2D eigenvalue weighted by Gasteiger charge is -2.40. The third kappa shape index (κ3) is 7.19. The molecule has 0 spiro atoms. The number of nitrogens with zero attached hydrogens (tertiary/aromatic N) is 2. The summed E-state index contributed by atoms with van der Waals surface area (Å²) in [6, 6.07) is 0. The molecule has 0 aromatic carbocycles. The molecule has 1 heterocycles. The van der Waals surface area contributed by atoms with Gasteiger partial charge in [-0.2, -0.15) is 0 Å². The lowest BCUT2D eigenvalue weighted by Crippen LogP contribution is -2.37. The molecule has 158 valence electrons. The van der Waals surface area contributed by atoms with Crippen molar-refractivity contribution in [3.63, 3.8) is 0 Å². The van der Waals surface area contributed by atoms with Gasteiger partial charge in [0.15, 0.2) is 0 Å². The van der Waals surface area contributed by atoms with Gasteiger partial charge in [0.25, 0.3) is 0 Å². The van der Waals surface area contributed by atoms with Crippen molar-refractivity contribution in [2.24, 2.45) is 16.7 Å². The summed E-state index contributed by atoms with van der Waals surface area (Å²) in [5.74, 6) is -0.243. The van der Waals surface area contributed by atoms with Gasteiger partial charge in [-0.25, -0.2) is 0 Å². The van der Waals surface area contributed by atoms with E-state index in [-0.39, 0.29) is 28.6 Å². The van der Waals surface area contributed by atoms with Crippen LogP contribution in [0.1, 0.15) is 74.1 Å². The van der Waals surface area contributed by atoms with Crippen molar-refractivity contribution < 1.29 is 14.3 Å². The number of likely N-dealkylation sites (tertiary alicyclic amines) is 1. The van der Waals surface area contributed by atoms with E-state index < -0.39 is 0 Å². The van der Waals surface area contributed by atoms with E-state index >= 15 is 0 Å². The zero-order valence-corrected chi connectivity index (χ0v) is 18.8. The molecular formula is C22H42N2O3. The fraction of sp³-hybridized carbons (Fsp3) is 0.909. The molecule has 1 aliphatic heterocycles. The molecule has 5 heteroatoms. The molecule has 1 saturated heterocycles. The summed E-state index contributed by atoms with van der Waals surface area (Å²) in [7, 11) is 0. The summed E-state index contributed by atoms with van der Waals surface area (Å²) in [4.78, 5) is 28.8. The Morgan fingerprint density at radius 2 is 1.59 bits per heavy atom. The van der Waals surface area contributed by atoms with E-state index in [1.54, 1.807) is 0 Å². The Hall–Kier alpha value is -0.940. The van der Waals surface area contributed by atoms with Crippen LogP contribution in [0.5, 0.6) is 0 Å². The van der Waals surface area contributed by atoms with E-state index in [0.29, 0.717) is 26.2 Å². The standard InChI is InChI=1S/C22H42N2O3/c1-8-10-23(11-9-2)12-14-27-15-13-24-19(25)16-18(20(24)26)17-22(6,7)21(3,4)5/h18H,8-17H2,1-7H3. The summed E-state index contributed by atoms with van der Waals surface area (Å²) in [5.41, 5.74) is 0.0951. The summed E-state index contributed by atoms with van der Waals surface area (Å²) < 4.78 is 5.72. The van der Waals surface area contributed by atoms with Crippen LogP contribution in [-0.2, 0) is 14.3 Å². The van der Waals surface area contributed by atoms with Crippen LogP contribution in [0, 0.1) is 16.7 Å². The molecule has 1 rings (SSSR count). The Kier molecular flexibility index (Phi) is 9.43. The van der Waals surface area contributed by atoms with Crippen LogP contribution < -0.4 is 0 Å². The summed E-state index contributed by atoms with van der Waals surface area (Å²) >= 11 is 0. The number of ether oxygens (including phenoxy) is 1. The van der Waals surface area contributed by atoms with Crippen LogP contribution in [0.3, 0.4) is 0 Å². The number of hydrogen-bond acceptors (Lipinski definition) is 4. The molecule has 1 unspecified atom stereocenters. The Labute approximate surface area is 166 Å². The van der Waals surface area contributed by atoms with Crippen molar-refractivity contribution >= 4 is 11.8 Å². The molecule has 0 N–H and O–H groups in total. The second-order valence-corrected chi connectivity index (χ2v) is 9.58. The van der Waals surface area contributed by atoms with E-state index in [4.69, 9.17) is 4.74 Å². The van der Waals surface area contributed by atoms with Gasteiger partial charge in [-0.3, -0.25) is 14.5 Å². The van der Waals surface area contributed by atoms with Gasteiger partial charge in [0.2, 0.25) is 11.8 Å². The highest BCUT2D eigenvalue weighted by atomic mass is 16.5. The first-order chi connectivity index (χ1) is 12.5. The Bertz CT molecular complexity index is 476. The normalized spacial score (nSPS) is 18.8. The van der Waals surface area contributed by atoms with Gasteiger partial charge in [-0.1, -0.05) is 48.5 Å². The van der Waals surface area contributed by atoms with Gasteiger partial charge in [-0.15, -0.1) is 0 Å². The third-order valence-corrected chi connectivity index (χ3v) is 6.22. The van der Waals surface area contributed by atoms with Crippen molar-refractivity contribution in [2.45, 2.75) is 74.1 Å². The van der Waals surface area contributed by atoms with Crippen molar-refractivity contribution in [3.8, 4) is 0 Å². The first kappa shape index (κ1) is 24.1. The van der Waals surface area contributed by atoms with Crippen molar-refractivity contribution in [2.75, 3.05) is 39.4 Å². The summed E-state index contributed by atoms with van der Waals surface area (Å²) in [5, 5.41) is 0. The van der Waals surface area contributed by atoms with Crippen molar-refractivity contribution in [1.82, 2.24) is 9.80 Å². The Morgan fingerprint density at radius 3 is 2.11 bits per heavy atom. The number of carbonyl (C=O) groups is 2. The maximum atomic E-state index is 12.7. The lowest BCUT2D eigenvalue weighted by atomic mass is 9.65. The number of rotatable bonds is 12. The first-order valence-electron chi connectivity index (χ1n) is 10.7. The number of imide groups is 1. The van der Waals surface area contributed by atoms with Gasteiger partial charge >= 0.3 is 0 Å². The van der Waals surface area contributed by atoms with Crippen LogP contribution in [0.2, 0.25) is 0 Å². The third-order valence-electron chi connectivity index (χ3n) is 6.22. The van der Waals surface area contributed by atoms with Gasteiger partial charge < -0.3 is 9.64 Å². The van der Waals surface area contributed by atoms with Crippen LogP contribution in [-0.4, -0.2) is 61.0 Å². The summed E-state index contributed by atoms with van der Waals surface area (Å²) in [6.07, 6.45) is 3.38. The van der Waals surface area contributed by atoms with Gasteiger partial charge in [-0.05, 0) is 43.2 Å². The van der Waals surface area contributed by atoms with E-state index in [1.165, 1.54) is 4.90 Å². The van der Waals surface area contributed by atoms with Gasteiger partial charge in [0.05, 0.1) is 19.8 Å². The second-order valence-electron chi connectivity index (χ2n) is 9.58. The molecular weight excluding hydrogens is 340 g/mol. The van der Waals surface area contributed by atoms with E-state index in [1.807, 2.05) is 0 Å². The predicted molar refractivity (Wildman–Crippen MR) is 111 cm³/mol. The minimum atomic E-state index is -0.184. The molecule has 5 nitrogen and oxygen atoms in total. The Balaban J connectivity index is 2.42. The molecule has 27 heavy (non-hydrogen) atoms. The van der Waals surface area contributed by atoms with E-state index in [0.717, 1.165) is 38.9 Å². The topological polar surface area (TPSA) is 49.9 Å². The van der Waals surface area contributed by atoms with Crippen LogP contribution >= 0.6 is 0 Å². The molecule has 0 aromatic heterocycles. The predicted octanol–water partition coefficient (Wildman–Crippen LogP) is 3.96. The van der Waals surface area contributed by atoms with Gasteiger partial charge in [0, 0.05) is 18.9 Å². The lowest BCUT2D eigenvalue weighted by molar-refractivity contribution is -0.140. The highest BCUT2D eigenvalue weighted by Gasteiger charge is 2.43. The fourth-order valence-corrected chi connectivity index (χ4v) is 3.49.